The SMILES string of the molecule is O=C1CCC(N2Cc3c(NC(=O)CCNCCCOCCCCNC(=O)[C@]4(Cc5cccc(Nc6nccs6)n5)CC[C@@H](Oc5cccc(Cl)c5F)CC4)cccc3C2=O)C(=O)N1. The van der Waals surface area contributed by atoms with Crippen molar-refractivity contribution in [3.63, 3.8) is 0 Å². The molecule has 4 aromatic rings. The molecule has 3 aliphatic rings. The van der Waals surface area contributed by atoms with Crippen molar-refractivity contribution >= 4 is 69.1 Å². The number of rotatable bonds is 21. The lowest BCUT2D eigenvalue weighted by atomic mass is 9.69. The van der Waals surface area contributed by atoms with Gasteiger partial charge in [0.25, 0.3) is 5.91 Å². The number of unbranched alkanes of at least 4 members (excludes halogenated alkanes) is 1. The van der Waals surface area contributed by atoms with Gasteiger partial charge in [0.15, 0.2) is 16.7 Å². The molecule has 334 valence electrons. The second-order valence-corrected chi connectivity index (χ2v) is 17.3. The number of nitrogens with one attached hydrogen (secondary N) is 5. The lowest BCUT2D eigenvalue weighted by Crippen LogP contribution is -2.52. The van der Waals surface area contributed by atoms with Crippen LogP contribution in [0.1, 0.15) is 85.8 Å². The van der Waals surface area contributed by atoms with E-state index in [0.29, 0.717) is 87.6 Å². The summed E-state index contributed by atoms with van der Waals surface area (Å²) in [6.45, 7) is 2.91. The number of benzene rings is 2. The molecule has 1 aliphatic carbocycles. The molecule has 63 heavy (non-hydrogen) atoms. The van der Waals surface area contributed by atoms with Crippen LogP contribution in [0, 0.1) is 11.2 Å². The van der Waals surface area contributed by atoms with Crippen LogP contribution < -0.4 is 31.3 Å². The lowest BCUT2D eigenvalue weighted by molar-refractivity contribution is -0.137. The first-order valence-electron chi connectivity index (χ1n) is 21.4. The molecule has 1 saturated carbocycles. The summed E-state index contributed by atoms with van der Waals surface area (Å²) in [4.78, 5) is 74.4. The summed E-state index contributed by atoms with van der Waals surface area (Å²) < 4.78 is 26.5. The van der Waals surface area contributed by atoms with E-state index in [1.807, 2.05) is 23.6 Å². The van der Waals surface area contributed by atoms with Gasteiger partial charge in [0.1, 0.15) is 11.9 Å². The highest BCUT2D eigenvalue weighted by Crippen LogP contribution is 2.41. The maximum atomic E-state index is 14.6. The maximum Gasteiger partial charge on any atom is 0.255 e. The molecule has 5 amide bonds. The molecule has 2 aliphatic heterocycles. The van der Waals surface area contributed by atoms with Crippen LogP contribution in [0.2, 0.25) is 5.02 Å². The number of fused-ring (bicyclic) bond motifs is 1. The molecule has 1 unspecified atom stereocenters. The standard InChI is InChI=1S/C45H52ClFN8O7S/c46-33-9-5-11-36(40(33)47)62-30-15-18-45(19-16-30,27-29-7-3-12-37(51-29)53-44-50-23-26-63-44)43(60)49-21-1-2-24-61-25-6-20-48-22-17-39(57)52-34-10-4-8-31-32(34)28-55(42(31)59)35-13-14-38(56)54-41(35)58/h3-5,7-12,23,26,30,35,48H,1-2,6,13-22,24-25,27-28H2,(H,49,60)(H,52,57)(H,50,51,53)(H,54,56,58)/t30-,35?,45-. The Kier molecular flexibility index (Phi) is 15.7. The second-order valence-electron chi connectivity index (χ2n) is 16.0. The van der Waals surface area contributed by atoms with Crippen LogP contribution in [-0.2, 0) is 36.9 Å². The van der Waals surface area contributed by atoms with Crippen molar-refractivity contribution in [2.24, 2.45) is 5.41 Å². The number of pyridine rings is 1. The van der Waals surface area contributed by atoms with Gasteiger partial charge in [-0.15, -0.1) is 11.3 Å². The van der Waals surface area contributed by atoms with Crippen molar-refractivity contribution in [1.29, 1.82) is 0 Å². The van der Waals surface area contributed by atoms with Gasteiger partial charge in [0, 0.05) is 86.2 Å². The smallest absolute Gasteiger partial charge is 0.255 e. The number of ether oxygens (including phenoxy) is 2. The second kappa shape index (κ2) is 21.7. The third kappa shape index (κ3) is 12.0. The number of hydrogen-bond donors (Lipinski definition) is 5. The van der Waals surface area contributed by atoms with E-state index in [-0.39, 0.29) is 66.3 Å². The van der Waals surface area contributed by atoms with Crippen LogP contribution in [0.5, 0.6) is 5.75 Å². The molecule has 0 bridgehead atoms. The first kappa shape index (κ1) is 45.5. The van der Waals surface area contributed by atoms with Crippen molar-refractivity contribution in [2.45, 2.75) is 89.3 Å². The molecule has 0 radical (unpaired) electrons. The van der Waals surface area contributed by atoms with E-state index in [2.05, 4.69) is 31.6 Å². The number of hydrogen-bond acceptors (Lipinski definition) is 12. The van der Waals surface area contributed by atoms with E-state index < -0.39 is 23.2 Å². The lowest BCUT2D eigenvalue weighted by Gasteiger charge is -2.39. The Bertz CT molecular complexity index is 2260. The molecule has 15 nitrogen and oxygen atoms in total. The summed E-state index contributed by atoms with van der Waals surface area (Å²) in [6, 6.07) is 14.8. The van der Waals surface area contributed by atoms with Gasteiger partial charge >= 0.3 is 0 Å². The van der Waals surface area contributed by atoms with Gasteiger partial charge in [-0.3, -0.25) is 29.3 Å². The fourth-order valence-electron chi connectivity index (χ4n) is 8.25. The van der Waals surface area contributed by atoms with Gasteiger partial charge in [-0.05, 0) is 94.3 Å². The Labute approximate surface area is 374 Å². The zero-order valence-corrected chi connectivity index (χ0v) is 36.5. The molecular weight excluding hydrogens is 851 g/mol. The molecule has 4 heterocycles. The topological polar surface area (TPSA) is 193 Å². The summed E-state index contributed by atoms with van der Waals surface area (Å²) in [5, 5.41) is 17.5. The number of halogens is 2. The van der Waals surface area contributed by atoms with Crippen LogP contribution in [-0.4, -0.2) is 89.4 Å². The summed E-state index contributed by atoms with van der Waals surface area (Å²) in [5.41, 5.74) is 1.71. The van der Waals surface area contributed by atoms with E-state index in [1.165, 1.54) is 22.3 Å². The highest BCUT2D eigenvalue weighted by molar-refractivity contribution is 7.13. The minimum Gasteiger partial charge on any atom is -0.487 e. The predicted octanol–water partition coefficient (Wildman–Crippen LogP) is 6.31. The molecule has 5 N–H and O–H groups in total. The zero-order chi connectivity index (χ0) is 44.2. The molecule has 1 saturated heterocycles. The Balaban J connectivity index is 0.789. The summed E-state index contributed by atoms with van der Waals surface area (Å²) >= 11 is 7.46. The monoisotopic (exact) mass is 902 g/mol. The highest BCUT2D eigenvalue weighted by Gasteiger charge is 2.43. The minimum absolute atomic E-state index is 0.00514. The summed E-state index contributed by atoms with van der Waals surface area (Å²) in [6.07, 6.45) is 7.08. The quantitative estimate of drug-likeness (QED) is 0.0465. The van der Waals surface area contributed by atoms with Gasteiger partial charge in [0.2, 0.25) is 23.6 Å². The number of aromatic nitrogens is 2. The number of nitrogens with zero attached hydrogens (tertiary/aromatic N) is 3. The van der Waals surface area contributed by atoms with Crippen LogP contribution in [0.25, 0.3) is 0 Å². The fraction of sp³-hybridized carbons (Fsp3) is 0.444. The van der Waals surface area contributed by atoms with Crippen LogP contribution in [0.15, 0.2) is 66.2 Å². The molecule has 1 atom stereocenters. The third-order valence-electron chi connectivity index (χ3n) is 11.6. The van der Waals surface area contributed by atoms with Crippen molar-refractivity contribution in [3.8, 4) is 5.75 Å². The van der Waals surface area contributed by atoms with E-state index in [9.17, 15) is 28.4 Å². The van der Waals surface area contributed by atoms with Crippen molar-refractivity contribution in [3.05, 3.63) is 93.8 Å². The van der Waals surface area contributed by atoms with Crippen LogP contribution >= 0.6 is 22.9 Å². The largest absolute Gasteiger partial charge is 0.487 e. The van der Waals surface area contributed by atoms with E-state index in [1.54, 1.807) is 36.5 Å². The Morgan fingerprint density at radius 3 is 2.59 bits per heavy atom. The van der Waals surface area contributed by atoms with Gasteiger partial charge in [-0.25, -0.2) is 14.4 Å². The Hall–Kier alpha value is -5.49. The average molecular weight is 903 g/mol. The normalized spacial score (nSPS) is 19.7. The number of anilines is 3. The summed E-state index contributed by atoms with van der Waals surface area (Å²) in [5.74, 6) is -1.16. The zero-order valence-electron chi connectivity index (χ0n) is 34.9. The van der Waals surface area contributed by atoms with Crippen LogP contribution in [0.3, 0.4) is 0 Å². The Morgan fingerprint density at radius 2 is 1.78 bits per heavy atom. The number of piperidine rings is 1. The van der Waals surface area contributed by atoms with Gasteiger partial charge in [0.05, 0.1) is 16.5 Å². The molecule has 0 spiro atoms. The molecule has 7 rings (SSSR count). The van der Waals surface area contributed by atoms with E-state index >= 15 is 0 Å². The number of amides is 5. The molecule has 2 aromatic heterocycles. The highest BCUT2D eigenvalue weighted by atomic mass is 35.5. The van der Waals surface area contributed by atoms with Crippen molar-refractivity contribution < 1.29 is 37.8 Å². The van der Waals surface area contributed by atoms with E-state index in [0.717, 1.165) is 30.1 Å². The minimum atomic E-state index is -0.725. The van der Waals surface area contributed by atoms with Crippen LogP contribution in [0.4, 0.5) is 21.0 Å². The maximum absolute atomic E-state index is 14.6. The first-order chi connectivity index (χ1) is 30.6. The van der Waals surface area contributed by atoms with Gasteiger partial charge < -0.3 is 35.6 Å². The first-order valence-corrected chi connectivity index (χ1v) is 22.7. The Morgan fingerprint density at radius 1 is 0.968 bits per heavy atom. The molecule has 2 fully saturated rings. The molecule has 2 aromatic carbocycles. The fourth-order valence-corrected chi connectivity index (χ4v) is 8.95. The number of carbonyl (C=O) groups is 5. The van der Waals surface area contributed by atoms with Crippen molar-refractivity contribution in [1.82, 2.24) is 30.8 Å². The predicted molar refractivity (Wildman–Crippen MR) is 236 cm³/mol. The third-order valence-corrected chi connectivity index (χ3v) is 12.6. The van der Waals surface area contributed by atoms with E-state index in [4.69, 9.17) is 26.1 Å². The number of carbonyl (C=O) groups excluding carboxylic acids is 5. The molecular formula is C45H52ClFN8O7S. The van der Waals surface area contributed by atoms with Crippen molar-refractivity contribution in [2.75, 3.05) is 43.5 Å². The van der Waals surface area contributed by atoms with Gasteiger partial charge in [-0.2, -0.15) is 0 Å². The number of imide groups is 1. The summed E-state index contributed by atoms with van der Waals surface area (Å²) in [7, 11) is 0. The number of thiazole rings is 1. The average Bonchev–Trinajstić information content (AvgIpc) is 3.91. The van der Waals surface area contributed by atoms with Gasteiger partial charge in [-0.1, -0.05) is 29.8 Å². The molecule has 18 heteroatoms.